The zero-order valence-electron chi connectivity index (χ0n) is 24.5. The fourth-order valence-corrected chi connectivity index (χ4v) is 5.20. The number of carbonyl (C=O) groups excluding carboxylic acids is 1. The average molecular weight is 591 g/mol. The van der Waals surface area contributed by atoms with Gasteiger partial charge >= 0.3 is 11.8 Å². The first-order chi connectivity index (χ1) is 20.0. The minimum atomic E-state index is -0.614. The molecule has 1 aliphatic rings. The van der Waals surface area contributed by atoms with E-state index < -0.39 is 5.60 Å². The van der Waals surface area contributed by atoms with Crippen molar-refractivity contribution in [2.45, 2.75) is 45.3 Å². The molecule has 2 aromatic heterocycles. The molecule has 220 valence electrons. The molecular weight excluding hydrogens is 556 g/mol. The Morgan fingerprint density at radius 2 is 1.90 bits per heavy atom. The molecule has 1 saturated heterocycles. The average Bonchev–Trinajstić information content (AvgIpc) is 3.25. The maximum atomic E-state index is 14.3. The molecule has 4 aromatic rings. The molecule has 1 amide bonds. The van der Waals surface area contributed by atoms with E-state index in [0.717, 1.165) is 12.8 Å². The van der Waals surface area contributed by atoms with Gasteiger partial charge in [-0.15, -0.1) is 0 Å². The van der Waals surface area contributed by atoms with Crippen LogP contribution in [0, 0.1) is 0 Å². The Labute approximate surface area is 249 Å². The maximum Gasteiger partial charge on any atom is 0.410 e. The first-order valence-electron chi connectivity index (χ1n) is 13.8. The zero-order valence-corrected chi connectivity index (χ0v) is 25.2. The van der Waals surface area contributed by atoms with Gasteiger partial charge in [-0.25, -0.2) is 19.6 Å². The Kier molecular flexibility index (Phi) is 8.27. The predicted molar refractivity (Wildman–Crippen MR) is 165 cm³/mol. The van der Waals surface area contributed by atoms with Crippen LogP contribution < -0.4 is 10.4 Å². The highest BCUT2D eigenvalue weighted by Crippen LogP contribution is 2.34. The normalized spacial score (nSPS) is 15.8. The van der Waals surface area contributed by atoms with Crippen molar-refractivity contribution in [3.8, 4) is 17.2 Å². The minimum Gasteiger partial charge on any atom is -0.456 e. The van der Waals surface area contributed by atoms with Crippen LogP contribution in [0.3, 0.4) is 0 Å². The lowest BCUT2D eigenvalue weighted by molar-refractivity contribution is 0.0173. The number of nitrogens with zero attached hydrogens (tertiary/aromatic N) is 6. The standard InChI is InChI=1S/C31H35ClN6O4/c1-31(2,3)42-30(40)36-17-9-10-22(19-36)37-25-15-16-33-28(34-20-35(4)5)27(25)38(29(37)39)21-13-14-26(24(32)18-21)41-23-11-7-6-8-12-23/h6-8,11-16,18,20,22H,9-10,17,19H2,1-5H3/t22-/m1/s1. The molecule has 0 aliphatic carbocycles. The number of ether oxygens (including phenoxy) is 2. The highest BCUT2D eigenvalue weighted by molar-refractivity contribution is 6.32. The summed E-state index contributed by atoms with van der Waals surface area (Å²) in [6.45, 7) is 6.44. The van der Waals surface area contributed by atoms with E-state index in [1.165, 1.54) is 0 Å². The van der Waals surface area contributed by atoms with Gasteiger partial charge in [-0.2, -0.15) is 0 Å². The SMILES string of the molecule is CN(C)C=Nc1nccc2c1n(-c1ccc(Oc3ccccc3)c(Cl)c1)c(=O)n2[C@@H]1CCCN(C(=O)OC(C)(C)C)C1. The van der Waals surface area contributed by atoms with E-state index in [1.807, 2.05) is 71.3 Å². The number of halogens is 1. The summed E-state index contributed by atoms with van der Waals surface area (Å²) in [7, 11) is 3.72. The van der Waals surface area contributed by atoms with Crippen molar-refractivity contribution in [2.75, 3.05) is 27.2 Å². The fraction of sp³-hybridized carbons (Fsp3) is 0.355. The van der Waals surface area contributed by atoms with Crippen LogP contribution in [0.5, 0.6) is 11.5 Å². The van der Waals surface area contributed by atoms with Crippen LogP contribution >= 0.6 is 11.6 Å². The van der Waals surface area contributed by atoms with Crippen LogP contribution in [-0.4, -0.2) is 69.1 Å². The summed E-state index contributed by atoms with van der Waals surface area (Å²) in [5.41, 5.74) is 0.865. The number of hydrogen-bond acceptors (Lipinski definition) is 6. The highest BCUT2D eigenvalue weighted by Gasteiger charge is 2.31. The molecular formula is C31H35ClN6O4. The smallest absolute Gasteiger partial charge is 0.410 e. The van der Waals surface area contributed by atoms with E-state index in [-0.39, 0.29) is 17.8 Å². The van der Waals surface area contributed by atoms with E-state index in [1.54, 1.807) is 49.7 Å². The Morgan fingerprint density at radius 1 is 1.14 bits per heavy atom. The van der Waals surface area contributed by atoms with Crippen molar-refractivity contribution in [1.82, 2.24) is 23.9 Å². The number of para-hydroxylation sites is 1. The number of hydrogen-bond donors (Lipinski definition) is 0. The fourth-order valence-electron chi connectivity index (χ4n) is 4.99. The third kappa shape index (κ3) is 6.28. The van der Waals surface area contributed by atoms with Gasteiger partial charge in [0.1, 0.15) is 22.6 Å². The molecule has 0 bridgehead atoms. The molecule has 2 aromatic carbocycles. The van der Waals surface area contributed by atoms with Gasteiger partial charge in [-0.05, 0) is 70.0 Å². The van der Waals surface area contributed by atoms with Gasteiger partial charge in [-0.1, -0.05) is 29.8 Å². The van der Waals surface area contributed by atoms with E-state index in [2.05, 4.69) is 9.98 Å². The number of amides is 1. The van der Waals surface area contributed by atoms with Crippen LogP contribution in [0.1, 0.15) is 39.7 Å². The van der Waals surface area contributed by atoms with Crippen LogP contribution in [0.2, 0.25) is 5.02 Å². The second-order valence-electron chi connectivity index (χ2n) is 11.5. The third-order valence-electron chi connectivity index (χ3n) is 6.73. The summed E-state index contributed by atoms with van der Waals surface area (Å²) in [5.74, 6) is 1.50. The number of aliphatic imine (C=N–C) groups is 1. The van der Waals surface area contributed by atoms with Gasteiger partial charge in [0.2, 0.25) is 0 Å². The molecule has 1 aliphatic heterocycles. The molecule has 0 radical (unpaired) electrons. The molecule has 0 saturated carbocycles. The van der Waals surface area contributed by atoms with Crippen molar-refractivity contribution in [3.63, 3.8) is 0 Å². The predicted octanol–water partition coefficient (Wildman–Crippen LogP) is 6.43. The lowest BCUT2D eigenvalue weighted by Gasteiger charge is -2.34. The van der Waals surface area contributed by atoms with Gasteiger partial charge in [-0.3, -0.25) is 9.13 Å². The van der Waals surface area contributed by atoms with Crippen molar-refractivity contribution in [1.29, 1.82) is 0 Å². The molecule has 0 unspecified atom stereocenters. The quantitative estimate of drug-likeness (QED) is 0.190. The number of pyridine rings is 1. The first kappa shape index (κ1) is 29.2. The number of piperidine rings is 1. The summed E-state index contributed by atoms with van der Waals surface area (Å²) in [4.78, 5) is 39.8. The van der Waals surface area contributed by atoms with E-state index >= 15 is 0 Å². The Bertz CT molecular complexity index is 1670. The van der Waals surface area contributed by atoms with Crippen molar-refractivity contribution in [2.24, 2.45) is 4.99 Å². The molecule has 10 nitrogen and oxygen atoms in total. The van der Waals surface area contributed by atoms with Crippen molar-refractivity contribution in [3.05, 3.63) is 76.3 Å². The largest absolute Gasteiger partial charge is 0.456 e. The summed E-state index contributed by atoms with van der Waals surface area (Å²) < 4.78 is 14.9. The number of rotatable bonds is 6. The first-order valence-corrected chi connectivity index (χ1v) is 14.2. The number of aromatic nitrogens is 3. The number of carbonyl (C=O) groups is 1. The van der Waals surface area contributed by atoms with Crippen molar-refractivity contribution >= 4 is 40.9 Å². The molecule has 0 spiro atoms. The van der Waals surface area contributed by atoms with Crippen molar-refractivity contribution < 1.29 is 14.3 Å². The van der Waals surface area contributed by atoms with Gasteiger partial charge < -0.3 is 19.3 Å². The summed E-state index contributed by atoms with van der Waals surface area (Å²) in [6.07, 6.45) is 4.35. The minimum absolute atomic E-state index is 0.272. The van der Waals surface area contributed by atoms with E-state index in [4.69, 9.17) is 21.1 Å². The van der Waals surface area contributed by atoms with Crippen LogP contribution in [0.15, 0.2) is 70.6 Å². The maximum absolute atomic E-state index is 14.3. The third-order valence-corrected chi connectivity index (χ3v) is 7.03. The second-order valence-corrected chi connectivity index (χ2v) is 11.9. The number of likely N-dealkylation sites (tertiary alicyclic amines) is 1. The number of benzene rings is 2. The summed E-state index contributed by atoms with van der Waals surface area (Å²) >= 11 is 6.68. The monoisotopic (exact) mass is 590 g/mol. The Hall–Kier alpha value is -4.31. The molecule has 0 N–H and O–H groups in total. The molecule has 3 heterocycles. The van der Waals surface area contributed by atoms with Gasteiger partial charge in [0.05, 0.1) is 28.6 Å². The lowest BCUT2D eigenvalue weighted by atomic mass is 10.1. The Balaban J connectivity index is 1.61. The number of imidazole rings is 1. The summed E-state index contributed by atoms with van der Waals surface area (Å²) in [6, 6.07) is 16.1. The molecule has 5 rings (SSSR count). The molecule has 1 atom stereocenters. The van der Waals surface area contributed by atoms with Crippen LogP contribution in [0.25, 0.3) is 16.7 Å². The van der Waals surface area contributed by atoms with Gasteiger partial charge in [0, 0.05) is 33.4 Å². The summed E-state index contributed by atoms with van der Waals surface area (Å²) in [5, 5.41) is 0.347. The molecule has 1 fully saturated rings. The van der Waals surface area contributed by atoms with Gasteiger partial charge in [0.25, 0.3) is 0 Å². The highest BCUT2D eigenvalue weighted by atomic mass is 35.5. The van der Waals surface area contributed by atoms with Crippen LogP contribution in [0.4, 0.5) is 10.6 Å². The lowest BCUT2D eigenvalue weighted by Crippen LogP contribution is -2.45. The van der Waals surface area contributed by atoms with Crippen LogP contribution in [-0.2, 0) is 4.74 Å². The molecule has 42 heavy (non-hydrogen) atoms. The van der Waals surface area contributed by atoms with E-state index in [0.29, 0.717) is 52.1 Å². The van der Waals surface area contributed by atoms with E-state index in [9.17, 15) is 9.59 Å². The molecule has 11 heteroatoms. The Morgan fingerprint density at radius 3 is 2.60 bits per heavy atom. The van der Waals surface area contributed by atoms with Gasteiger partial charge in [0.15, 0.2) is 5.82 Å². The topological polar surface area (TPSA) is 94.2 Å². The number of fused-ring (bicyclic) bond motifs is 1. The zero-order chi connectivity index (χ0) is 30.0. The second kappa shape index (κ2) is 11.9.